The summed E-state index contributed by atoms with van der Waals surface area (Å²) in [6.45, 7) is 0. The average molecular weight is 1070 g/mol. The maximum absolute atomic E-state index is 15.5. The lowest BCUT2D eigenvalue weighted by molar-refractivity contribution is -0.154. The highest BCUT2D eigenvalue weighted by molar-refractivity contribution is 8.00. The molecule has 1 aromatic heterocycles. The molecule has 3 heterocycles. The van der Waals surface area contributed by atoms with Gasteiger partial charge in [-0.2, -0.15) is 0 Å². The second kappa shape index (κ2) is 22.8. The molecule has 2 aliphatic heterocycles. The Labute approximate surface area is 456 Å². The number of hydrogen-bond acceptors (Lipinski definition) is 10. The van der Waals surface area contributed by atoms with Crippen molar-refractivity contribution in [1.82, 2.24) is 15.2 Å². The third-order valence-electron chi connectivity index (χ3n) is 14.0. The maximum Gasteiger partial charge on any atom is 0.356 e. The summed E-state index contributed by atoms with van der Waals surface area (Å²) in [6, 6.07) is 80.1. The van der Waals surface area contributed by atoms with Crippen molar-refractivity contribution in [3.63, 3.8) is 0 Å². The van der Waals surface area contributed by atoms with Gasteiger partial charge >= 0.3 is 5.97 Å². The smallest absolute Gasteiger partial charge is 0.356 e. The molecule has 0 spiro atoms. The van der Waals surface area contributed by atoms with Gasteiger partial charge in [-0.3, -0.25) is 14.5 Å². The summed E-state index contributed by atoms with van der Waals surface area (Å²) < 4.78 is 6.67. The van der Waals surface area contributed by atoms with Gasteiger partial charge in [-0.25, -0.2) is 9.78 Å². The van der Waals surface area contributed by atoms with E-state index in [-0.39, 0.29) is 17.1 Å². The van der Waals surface area contributed by atoms with Crippen molar-refractivity contribution in [1.29, 1.82) is 0 Å². The summed E-state index contributed by atoms with van der Waals surface area (Å²) in [4.78, 5) is 57.0. The number of thiazole rings is 1. The number of hydrogen-bond donors (Lipinski definition) is 2. The Morgan fingerprint density at radius 2 is 1.08 bits per heavy atom. The number of carbonyl (C=O) groups excluding carboxylic acids is 3. The monoisotopic (exact) mass is 1070 g/mol. The fourth-order valence-corrected chi connectivity index (χ4v) is 17.0. The summed E-state index contributed by atoms with van der Waals surface area (Å²) >= 11 is 2.83. The molecule has 0 radical (unpaired) electrons. The molecule has 10 nitrogen and oxygen atoms in total. The SMILES string of the molecule is CO/N=C(\C(=O)NC1C(=O)N2C(C(=O)OC(c3ccccc3)c3ccccc3)=C(C[P+](c3ccccc3)(c3ccccc3)c3ccccc3)CS[C@H]12)c1csc(NC(c2ccccc2)(c2ccccc2)c2ccccc2)n1. The molecule has 9 aromatic rings. The van der Waals surface area contributed by atoms with Crippen LogP contribution in [-0.2, 0) is 29.5 Å². The van der Waals surface area contributed by atoms with Gasteiger partial charge in [-0.15, -0.1) is 23.1 Å². The Kier molecular flexibility index (Phi) is 15.0. The van der Waals surface area contributed by atoms with Gasteiger partial charge in [-0.05, 0) is 64.2 Å². The summed E-state index contributed by atoms with van der Waals surface area (Å²) in [6.07, 6.45) is -0.332. The van der Waals surface area contributed by atoms with Crippen LogP contribution in [0.1, 0.15) is 39.6 Å². The Morgan fingerprint density at radius 1 is 0.649 bits per heavy atom. The molecule has 0 saturated carbocycles. The fraction of sp³-hybridized carbons (Fsp3) is 0.109. The number of fused-ring (bicyclic) bond motifs is 1. The molecule has 1 unspecified atom stereocenters. The van der Waals surface area contributed by atoms with E-state index < -0.39 is 48.1 Å². The average Bonchev–Trinajstić information content (AvgIpc) is 3.99. The number of benzene rings is 8. The van der Waals surface area contributed by atoms with Gasteiger partial charge in [0.05, 0.1) is 6.16 Å². The number of nitrogens with one attached hydrogen (secondary N) is 2. The van der Waals surface area contributed by atoms with Crippen LogP contribution in [-0.4, -0.2) is 63.8 Å². The van der Waals surface area contributed by atoms with Gasteiger partial charge in [0.15, 0.2) is 16.9 Å². The highest BCUT2D eigenvalue weighted by Crippen LogP contribution is 2.58. The summed E-state index contributed by atoms with van der Waals surface area (Å²) in [5.74, 6) is -1.35. The van der Waals surface area contributed by atoms with Crippen molar-refractivity contribution in [2.45, 2.75) is 23.1 Å². The number of thioether (sulfide) groups is 1. The van der Waals surface area contributed by atoms with Gasteiger partial charge < -0.3 is 20.2 Å². The van der Waals surface area contributed by atoms with Gasteiger partial charge in [0, 0.05) is 16.7 Å². The molecule has 8 aromatic carbocycles. The van der Waals surface area contributed by atoms with E-state index in [4.69, 9.17) is 14.6 Å². The molecule has 13 heteroatoms. The number of β-lactam (4-membered cyclic amide) rings is 1. The predicted molar refractivity (Wildman–Crippen MR) is 311 cm³/mol. The highest BCUT2D eigenvalue weighted by Gasteiger charge is 2.57. The van der Waals surface area contributed by atoms with Gasteiger partial charge in [0.25, 0.3) is 11.8 Å². The Balaban J connectivity index is 0.944. The standard InChI is InChI=1S/C64H52N5O5PS2/c1-73-68-55(54-44-77-63(65-54)67-64(48-30-14-4-15-31-48,49-32-16-5-17-33-49)50-34-18-6-19-35-50)59(70)66-56-60(71)69-57(62(72)74-58(45-26-10-2-11-27-45)46-28-12-3-13-29-46)47(43-76-61(56)69)42-75(51-36-20-7-21-37-51,52-38-22-8-23-39-52)53-40-24-9-25-41-53/h2-41,44,56,58,61H,42-43H2,1H3,(H-,65,66,67,70)/p+1/b68-55-/t56?,61-/m1/s1. The van der Waals surface area contributed by atoms with Gasteiger partial charge in [0.2, 0.25) is 0 Å². The quantitative estimate of drug-likeness (QED) is 0.0218. The summed E-state index contributed by atoms with van der Waals surface area (Å²) in [5.41, 5.74) is 4.76. The Morgan fingerprint density at radius 3 is 1.52 bits per heavy atom. The largest absolute Gasteiger partial charge is 0.448 e. The van der Waals surface area contributed by atoms with E-state index >= 15 is 9.59 Å². The molecule has 11 rings (SSSR count). The van der Waals surface area contributed by atoms with E-state index in [9.17, 15) is 4.79 Å². The highest BCUT2D eigenvalue weighted by atomic mass is 32.2. The minimum absolute atomic E-state index is 0.110. The summed E-state index contributed by atoms with van der Waals surface area (Å²) in [5, 5.41) is 16.0. The van der Waals surface area contributed by atoms with Crippen molar-refractivity contribution in [3.05, 3.63) is 293 Å². The number of oxime groups is 1. The molecule has 2 N–H and O–H groups in total. The van der Waals surface area contributed by atoms with Crippen LogP contribution in [0.4, 0.5) is 5.13 Å². The molecular weight excluding hydrogens is 1010 g/mol. The van der Waals surface area contributed by atoms with Crippen molar-refractivity contribution in [3.8, 4) is 0 Å². The van der Waals surface area contributed by atoms with Crippen molar-refractivity contribution >= 4 is 74.9 Å². The summed E-state index contributed by atoms with van der Waals surface area (Å²) in [7, 11) is -1.21. The lowest BCUT2D eigenvalue weighted by Gasteiger charge is -2.50. The van der Waals surface area contributed by atoms with Crippen LogP contribution in [0.25, 0.3) is 0 Å². The number of nitrogens with zero attached hydrogens (tertiary/aromatic N) is 3. The van der Waals surface area contributed by atoms with Crippen molar-refractivity contribution in [2.24, 2.45) is 5.16 Å². The van der Waals surface area contributed by atoms with E-state index in [1.165, 1.54) is 35.1 Å². The number of rotatable bonds is 18. The first-order valence-electron chi connectivity index (χ1n) is 25.2. The molecule has 77 heavy (non-hydrogen) atoms. The number of carbonyl (C=O) groups is 3. The van der Waals surface area contributed by atoms with E-state index in [0.29, 0.717) is 17.0 Å². The molecule has 1 saturated heterocycles. The molecule has 0 aliphatic carbocycles. The lowest BCUT2D eigenvalue weighted by Crippen LogP contribution is -2.71. The van der Waals surface area contributed by atoms with Crippen LogP contribution in [0.3, 0.4) is 0 Å². The minimum atomic E-state index is -2.58. The number of ether oxygens (including phenoxy) is 1. The van der Waals surface area contributed by atoms with Crippen molar-refractivity contribution in [2.75, 3.05) is 24.3 Å². The topological polar surface area (TPSA) is 122 Å². The number of esters is 1. The zero-order valence-corrected chi connectivity index (χ0v) is 44.5. The van der Waals surface area contributed by atoms with E-state index in [0.717, 1.165) is 49.3 Å². The zero-order chi connectivity index (χ0) is 52.6. The van der Waals surface area contributed by atoms with Gasteiger partial charge in [0.1, 0.15) is 58.6 Å². The Bertz CT molecular complexity index is 3310. The number of anilines is 1. The van der Waals surface area contributed by atoms with Crippen LogP contribution in [0.2, 0.25) is 0 Å². The van der Waals surface area contributed by atoms with Crippen molar-refractivity contribution < 1.29 is 24.0 Å². The maximum atomic E-state index is 15.5. The van der Waals surface area contributed by atoms with Crippen LogP contribution in [0, 0.1) is 0 Å². The number of aromatic nitrogens is 1. The van der Waals surface area contributed by atoms with E-state index in [2.05, 4.69) is 125 Å². The molecule has 2 amide bonds. The second-order valence-electron chi connectivity index (χ2n) is 18.5. The first kappa shape index (κ1) is 50.7. The molecule has 0 bridgehead atoms. The minimum Gasteiger partial charge on any atom is -0.448 e. The number of amides is 2. The fourth-order valence-electron chi connectivity index (χ4n) is 10.5. The first-order chi connectivity index (χ1) is 37.9. The third kappa shape index (κ3) is 9.99. The lowest BCUT2D eigenvalue weighted by atomic mass is 9.77. The Hall–Kier alpha value is -8.41. The molecule has 2 atom stereocenters. The first-order valence-corrected chi connectivity index (χ1v) is 29.1. The molecule has 380 valence electrons. The van der Waals surface area contributed by atoms with Crippen LogP contribution < -0.4 is 26.5 Å². The molecule has 2 aliphatic rings. The zero-order valence-electron chi connectivity index (χ0n) is 42.0. The van der Waals surface area contributed by atoms with E-state index in [1.54, 1.807) is 5.38 Å². The third-order valence-corrected chi connectivity index (χ3v) is 20.5. The molecule has 1 fully saturated rings. The van der Waals surface area contributed by atoms with E-state index in [1.807, 2.05) is 133 Å². The van der Waals surface area contributed by atoms with Crippen LogP contribution >= 0.6 is 30.4 Å². The van der Waals surface area contributed by atoms with Crippen LogP contribution in [0.5, 0.6) is 0 Å². The molecular formula is C64H53N5O5PS2+. The second-order valence-corrected chi connectivity index (χ2v) is 24.0. The van der Waals surface area contributed by atoms with Crippen LogP contribution in [0.15, 0.2) is 264 Å². The predicted octanol–water partition coefficient (Wildman–Crippen LogP) is 10.9. The van der Waals surface area contributed by atoms with Gasteiger partial charge in [-0.1, -0.05) is 211 Å². The normalized spacial score (nSPS) is 15.5.